The molecule has 3 aromatic rings. The molecule has 0 bridgehead atoms. The Labute approximate surface area is 166 Å². The Hall–Kier alpha value is -1.94. The van der Waals surface area contributed by atoms with Crippen LogP contribution in [0.3, 0.4) is 0 Å². The summed E-state index contributed by atoms with van der Waals surface area (Å²) in [6.45, 7) is 0. The number of hydrogen-bond donors (Lipinski definition) is 1. The number of nitrogens with one attached hydrogen (secondary N) is 1. The van der Waals surface area contributed by atoms with Gasteiger partial charge in [0.25, 0.3) is 0 Å². The zero-order valence-corrected chi connectivity index (χ0v) is 17.0. The largest absolute Gasteiger partial charge is 0.346 e. The van der Waals surface area contributed by atoms with Gasteiger partial charge in [-0.15, -0.1) is 0 Å². The molecule has 1 heterocycles. The van der Waals surface area contributed by atoms with Crippen LogP contribution in [-0.4, -0.2) is 5.11 Å². The van der Waals surface area contributed by atoms with E-state index in [1.165, 1.54) is 0 Å². The number of para-hydroxylation sites is 1. The first-order valence-corrected chi connectivity index (χ1v) is 11.1. The van der Waals surface area contributed by atoms with E-state index in [0.29, 0.717) is 5.11 Å². The Morgan fingerprint density at radius 3 is 2.08 bits per heavy atom. The lowest BCUT2D eigenvalue weighted by Gasteiger charge is -2.28. The summed E-state index contributed by atoms with van der Waals surface area (Å²) in [6, 6.07) is 27.1. The zero-order chi connectivity index (χ0) is 18.1. The van der Waals surface area contributed by atoms with Crippen LogP contribution in [0.2, 0.25) is 0 Å². The number of anilines is 1. The number of halogens is 1. The van der Waals surface area contributed by atoms with E-state index in [9.17, 15) is 4.57 Å². The minimum Gasteiger partial charge on any atom is -0.346 e. The first-order valence-electron chi connectivity index (χ1n) is 8.17. The fraction of sp³-hybridized carbons (Fsp3) is 0.0500. The first kappa shape index (κ1) is 17.5. The van der Waals surface area contributed by atoms with Crippen molar-refractivity contribution in [1.82, 2.24) is 5.32 Å². The minimum atomic E-state index is -3.09. The van der Waals surface area contributed by atoms with E-state index >= 15 is 0 Å². The average molecular weight is 443 g/mol. The quantitative estimate of drug-likeness (QED) is 0.431. The van der Waals surface area contributed by atoms with Gasteiger partial charge in [-0.25, -0.2) is 0 Å². The van der Waals surface area contributed by atoms with Crippen molar-refractivity contribution < 1.29 is 4.57 Å². The molecule has 3 nitrogen and oxygen atoms in total. The van der Waals surface area contributed by atoms with E-state index in [-0.39, 0.29) is 0 Å². The highest BCUT2D eigenvalue weighted by Crippen LogP contribution is 2.64. The van der Waals surface area contributed by atoms with Gasteiger partial charge in [0.05, 0.1) is 5.69 Å². The Balaban J connectivity index is 1.91. The maximum Gasteiger partial charge on any atom is 0.232 e. The van der Waals surface area contributed by atoms with Crippen LogP contribution in [0.25, 0.3) is 0 Å². The van der Waals surface area contributed by atoms with Gasteiger partial charge >= 0.3 is 0 Å². The molecule has 0 unspecified atom stereocenters. The summed E-state index contributed by atoms with van der Waals surface area (Å²) in [6.07, 6.45) is 0. The Morgan fingerprint density at radius 1 is 0.885 bits per heavy atom. The summed E-state index contributed by atoms with van der Waals surface area (Å²) in [5.41, 5.74) is 1.78. The predicted molar refractivity (Wildman–Crippen MR) is 115 cm³/mol. The number of nitrogens with zero attached hydrogens (tertiary/aromatic N) is 1. The van der Waals surface area contributed by atoms with Crippen LogP contribution >= 0.6 is 35.4 Å². The zero-order valence-electron chi connectivity index (χ0n) is 13.7. The fourth-order valence-electron chi connectivity index (χ4n) is 3.21. The third-order valence-electron chi connectivity index (χ3n) is 4.41. The van der Waals surface area contributed by atoms with Crippen molar-refractivity contribution in [2.75, 3.05) is 4.67 Å². The van der Waals surface area contributed by atoms with Crippen molar-refractivity contribution >= 4 is 51.5 Å². The maximum atomic E-state index is 14.5. The van der Waals surface area contributed by atoms with Crippen molar-refractivity contribution in [2.45, 2.75) is 5.78 Å². The van der Waals surface area contributed by atoms with Crippen molar-refractivity contribution in [3.8, 4) is 0 Å². The van der Waals surface area contributed by atoms with Crippen LogP contribution in [0, 0.1) is 0 Å². The summed E-state index contributed by atoms with van der Waals surface area (Å²) in [7, 11) is -3.09. The minimum absolute atomic E-state index is 0.397. The van der Waals surface area contributed by atoms with Crippen LogP contribution in [0.4, 0.5) is 5.69 Å². The van der Waals surface area contributed by atoms with Gasteiger partial charge in [0.15, 0.2) is 5.11 Å². The van der Waals surface area contributed by atoms with Crippen molar-refractivity contribution in [2.24, 2.45) is 0 Å². The van der Waals surface area contributed by atoms with E-state index < -0.39 is 13.1 Å². The van der Waals surface area contributed by atoms with Gasteiger partial charge in [-0.3, -0.25) is 9.24 Å². The average Bonchev–Trinajstić information content (AvgIpc) is 2.95. The number of thiocarbonyl (C=S) groups is 1. The molecular weight excluding hydrogens is 427 g/mol. The molecule has 0 saturated carbocycles. The van der Waals surface area contributed by atoms with Gasteiger partial charge in [-0.2, -0.15) is 0 Å². The third kappa shape index (κ3) is 2.90. The molecule has 0 radical (unpaired) electrons. The van der Waals surface area contributed by atoms with Crippen LogP contribution < -0.4 is 15.3 Å². The second-order valence-electron chi connectivity index (χ2n) is 6.01. The highest BCUT2D eigenvalue weighted by Gasteiger charge is 2.49. The van der Waals surface area contributed by atoms with Gasteiger partial charge in [0, 0.05) is 9.78 Å². The van der Waals surface area contributed by atoms with Gasteiger partial charge < -0.3 is 5.32 Å². The number of hydrogen-bond acceptors (Lipinski definition) is 2. The molecule has 1 saturated heterocycles. The molecule has 0 spiro atoms. The highest BCUT2D eigenvalue weighted by molar-refractivity contribution is 9.10. The fourth-order valence-corrected chi connectivity index (χ4v) is 7.19. The maximum absolute atomic E-state index is 14.5. The summed E-state index contributed by atoms with van der Waals surface area (Å²) < 4.78 is 17.3. The SMILES string of the molecule is O=[P@]1(c2ccccc2)[C@H](c2ccc(Br)cc2)NC(=S)N1c1ccccc1. The molecule has 1 N–H and O–H groups in total. The molecule has 3 aromatic carbocycles. The van der Waals surface area contributed by atoms with Crippen molar-refractivity contribution in [1.29, 1.82) is 0 Å². The smallest absolute Gasteiger partial charge is 0.232 e. The molecule has 130 valence electrons. The van der Waals surface area contributed by atoms with Crippen LogP contribution in [-0.2, 0) is 4.57 Å². The highest BCUT2D eigenvalue weighted by atomic mass is 79.9. The van der Waals surface area contributed by atoms with Crippen LogP contribution in [0.5, 0.6) is 0 Å². The topological polar surface area (TPSA) is 32.3 Å². The molecule has 1 fully saturated rings. The summed E-state index contributed by atoms with van der Waals surface area (Å²) in [5, 5.41) is 4.57. The summed E-state index contributed by atoms with van der Waals surface area (Å²) in [4.78, 5) is 0. The predicted octanol–water partition coefficient (Wildman–Crippen LogP) is 5.45. The Morgan fingerprint density at radius 2 is 1.46 bits per heavy atom. The van der Waals surface area contributed by atoms with E-state index in [1.807, 2.05) is 84.9 Å². The van der Waals surface area contributed by atoms with Crippen molar-refractivity contribution in [3.63, 3.8) is 0 Å². The normalized spacial score (nSPS) is 22.3. The van der Waals surface area contributed by atoms with Crippen LogP contribution in [0.1, 0.15) is 11.3 Å². The molecule has 0 amide bonds. The lowest BCUT2D eigenvalue weighted by Crippen LogP contribution is -2.27. The number of rotatable bonds is 3. The first-order chi connectivity index (χ1) is 12.6. The third-order valence-corrected chi connectivity index (χ3v) is 8.57. The molecule has 6 heteroatoms. The van der Waals surface area contributed by atoms with Gasteiger partial charge in [0.2, 0.25) is 7.29 Å². The lowest BCUT2D eigenvalue weighted by molar-refractivity contribution is 0.574. The molecular formula is C20H16BrN2OPS. The molecule has 4 rings (SSSR count). The second-order valence-corrected chi connectivity index (χ2v) is 9.99. The Bertz CT molecular complexity index is 980. The Kier molecular flexibility index (Phi) is 4.70. The summed E-state index contributed by atoms with van der Waals surface area (Å²) in [5.74, 6) is -0.397. The lowest BCUT2D eigenvalue weighted by atomic mass is 10.2. The monoisotopic (exact) mass is 442 g/mol. The standard InChI is InChI=1S/C20H16BrN2OPS/c21-16-13-11-15(12-14-16)19-22-20(26)23(17-7-3-1-4-8-17)25(19,24)18-9-5-2-6-10-18/h1-14,19H,(H,22,26)/t19-,25-/m1/s1. The van der Waals surface area contributed by atoms with E-state index in [4.69, 9.17) is 12.2 Å². The molecule has 0 aromatic heterocycles. The van der Waals surface area contributed by atoms with E-state index in [0.717, 1.165) is 21.0 Å². The number of benzene rings is 3. The van der Waals surface area contributed by atoms with Crippen molar-refractivity contribution in [3.05, 3.63) is 95.0 Å². The van der Waals surface area contributed by atoms with Gasteiger partial charge in [0.1, 0.15) is 5.78 Å². The second kappa shape index (κ2) is 6.99. The molecule has 1 aliphatic rings. The molecule has 26 heavy (non-hydrogen) atoms. The summed E-state index contributed by atoms with van der Waals surface area (Å²) >= 11 is 9.07. The van der Waals surface area contributed by atoms with E-state index in [2.05, 4.69) is 21.2 Å². The van der Waals surface area contributed by atoms with Gasteiger partial charge in [-0.1, -0.05) is 64.5 Å². The van der Waals surface area contributed by atoms with Crippen LogP contribution in [0.15, 0.2) is 89.4 Å². The molecule has 1 aliphatic heterocycles. The molecule has 0 aliphatic carbocycles. The molecule has 2 atom stereocenters. The van der Waals surface area contributed by atoms with Gasteiger partial charge in [-0.05, 0) is 54.2 Å². The van der Waals surface area contributed by atoms with E-state index in [1.54, 1.807) is 4.67 Å².